The third-order valence-electron chi connectivity index (χ3n) is 3.78. The standard InChI is InChI=1S/C13H23N.CH3NO2/c1-11-7-5-6-10-13(11)14-12-8-3-2-4-9-12;2-1(3)4/h12-14H,1-10H2;2H2,(H,3,4). The number of hydrogen-bond donors (Lipinski definition) is 3. The molecule has 0 aromatic carbocycles. The van der Waals surface area contributed by atoms with E-state index in [4.69, 9.17) is 9.90 Å². The van der Waals surface area contributed by atoms with Crippen LogP contribution in [0.3, 0.4) is 0 Å². The van der Waals surface area contributed by atoms with Crippen molar-refractivity contribution in [1.82, 2.24) is 5.32 Å². The van der Waals surface area contributed by atoms with E-state index in [1.54, 1.807) is 0 Å². The van der Waals surface area contributed by atoms with Crippen LogP contribution in [0.5, 0.6) is 0 Å². The van der Waals surface area contributed by atoms with Crippen molar-refractivity contribution < 1.29 is 9.90 Å². The van der Waals surface area contributed by atoms with Crippen LogP contribution in [-0.4, -0.2) is 23.3 Å². The molecule has 4 heteroatoms. The van der Waals surface area contributed by atoms with E-state index in [0.717, 1.165) is 6.04 Å². The van der Waals surface area contributed by atoms with Crippen LogP contribution in [0.25, 0.3) is 0 Å². The van der Waals surface area contributed by atoms with Gasteiger partial charge < -0.3 is 16.2 Å². The second kappa shape index (κ2) is 8.14. The highest BCUT2D eigenvalue weighted by Crippen LogP contribution is 2.25. The van der Waals surface area contributed by atoms with Gasteiger partial charge in [0.2, 0.25) is 0 Å². The Balaban J connectivity index is 0.000000357. The van der Waals surface area contributed by atoms with Crippen LogP contribution in [-0.2, 0) is 0 Å². The van der Waals surface area contributed by atoms with E-state index in [1.807, 2.05) is 0 Å². The van der Waals surface area contributed by atoms with Gasteiger partial charge >= 0.3 is 6.09 Å². The van der Waals surface area contributed by atoms with Gasteiger partial charge in [0.05, 0.1) is 0 Å². The summed E-state index contributed by atoms with van der Waals surface area (Å²) in [5.74, 6) is 0. The molecule has 2 fully saturated rings. The Morgan fingerprint density at radius 1 is 1.17 bits per heavy atom. The fourth-order valence-corrected chi connectivity index (χ4v) is 2.83. The molecule has 2 aliphatic carbocycles. The van der Waals surface area contributed by atoms with Gasteiger partial charge in [-0.1, -0.05) is 37.8 Å². The molecule has 1 atom stereocenters. The first-order chi connectivity index (χ1) is 8.59. The number of hydrogen-bond acceptors (Lipinski definition) is 2. The number of rotatable bonds is 2. The molecule has 4 nitrogen and oxygen atoms in total. The molecule has 18 heavy (non-hydrogen) atoms. The van der Waals surface area contributed by atoms with E-state index in [1.165, 1.54) is 63.4 Å². The molecule has 0 radical (unpaired) electrons. The van der Waals surface area contributed by atoms with Crippen molar-refractivity contribution in [2.75, 3.05) is 0 Å². The first kappa shape index (κ1) is 15.0. The molecule has 0 aliphatic heterocycles. The Morgan fingerprint density at radius 2 is 1.72 bits per heavy atom. The van der Waals surface area contributed by atoms with Gasteiger partial charge in [0.25, 0.3) is 0 Å². The summed E-state index contributed by atoms with van der Waals surface area (Å²) in [5, 5.41) is 11.0. The molecule has 2 rings (SSSR count). The molecule has 1 unspecified atom stereocenters. The third-order valence-corrected chi connectivity index (χ3v) is 3.78. The van der Waals surface area contributed by atoms with Crippen LogP contribution in [0.4, 0.5) is 4.79 Å². The van der Waals surface area contributed by atoms with Gasteiger partial charge in [-0.15, -0.1) is 0 Å². The molecule has 0 bridgehead atoms. The smallest absolute Gasteiger partial charge is 0.402 e. The van der Waals surface area contributed by atoms with Gasteiger partial charge in [0, 0.05) is 12.1 Å². The maximum atomic E-state index is 8.78. The normalized spacial score (nSPS) is 25.1. The van der Waals surface area contributed by atoms with Gasteiger partial charge in [-0.3, -0.25) is 0 Å². The van der Waals surface area contributed by atoms with Gasteiger partial charge in [0.1, 0.15) is 0 Å². The number of amides is 1. The number of nitrogens with one attached hydrogen (secondary N) is 1. The van der Waals surface area contributed by atoms with E-state index in [9.17, 15) is 0 Å². The molecule has 1 amide bonds. The van der Waals surface area contributed by atoms with Gasteiger partial charge in [0.15, 0.2) is 0 Å². The second-order valence-electron chi connectivity index (χ2n) is 5.30. The third kappa shape index (κ3) is 6.05. The molecule has 2 saturated carbocycles. The number of primary amides is 1. The quantitative estimate of drug-likeness (QED) is 0.663. The largest absolute Gasteiger partial charge is 0.465 e. The first-order valence-electron chi connectivity index (χ1n) is 7.01. The fourth-order valence-electron chi connectivity index (χ4n) is 2.83. The average molecular weight is 254 g/mol. The van der Waals surface area contributed by atoms with Crippen LogP contribution < -0.4 is 11.1 Å². The van der Waals surface area contributed by atoms with Crippen molar-refractivity contribution in [1.29, 1.82) is 0 Å². The monoisotopic (exact) mass is 254 g/mol. The zero-order valence-corrected chi connectivity index (χ0v) is 11.2. The molecule has 0 spiro atoms. The van der Waals surface area contributed by atoms with Crippen molar-refractivity contribution in [3.05, 3.63) is 12.2 Å². The summed E-state index contributed by atoms with van der Waals surface area (Å²) in [6, 6.07) is 1.44. The first-order valence-corrected chi connectivity index (χ1v) is 7.01. The fraction of sp³-hybridized carbons (Fsp3) is 0.786. The minimum Gasteiger partial charge on any atom is -0.465 e. The van der Waals surface area contributed by atoms with Crippen molar-refractivity contribution in [3.63, 3.8) is 0 Å². The Hall–Kier alpha value is -1.03. The van der Waals surface area contributed by atoms with Crippen molar-refractivity contribution in [2.45, 2.75) is 69.9 Å². The second-order valence-corrected chi connectivity index (χ2v) is 5.30. The average Bonchev–Trinajstić information content (AvgIpc) is 2.33. The van der Waals surface area contributed by atoms with Crippen molar-refractivity contribution >= 4 is 6.09 Å². The summed E-state index contributed by atoms with van der Waals surface area (Å²) in [5.41, 5.74) is 5.49. The highest BCUT2D eigenvalue weighted by Gasteiger charge is 2.21. The molecule has 104 valence electrons. The Morgan fingerprint density at radius 3 is 2.28 bits per heavy atom. The topological polar surface area (TPSA) is 75.3 Å². The number of nitrogens with two attached hydrogens (primary N) is 1. The highest BCUT2D eigenvalue weighted by atomic mass is 16.4. The summed E-state index contributed by atoms with van der Waals surface area (Å²) in [4.78, 5) is 8.78. The SMILES string of the molecule is C=C1CCCCC1NC1CCCCC1.NC(=O)O. The maximum absolute atomic E-state index is 8.78. The lowest BCUT2D eigenvalue weighted by Gasteiger charge is -2.32. The number of carboxylic acid groups (broad SMARTS) is 1. The lowest BCUT2D eigenvalue weighted by Crippen LogP contribution is -2.41. The summed E-state index contributed by atoms with van der Waals surface area (Å²) in [7, 11) is 0. The highest BCUT2D eigenvalue weighted by molar-refractivity contribution is 5.61. The van der Waals surface area contributed by atoms with Crippen molar-refractivity contribution in [3.8, 4) is 0 Å². The molecule has 0 aromatic rings. The van der Waals surface area contributed by atoms with Gasteiger partial charge in [-0.05, 0) is 32.1 Å². The predicted molar refractivity (Wildman–Crippen MR) is 73.6 cm³/mol. The zero-order valence-electron chi connectivity index (χ0n) is 11.2. The van der Waals surface area contributed by atoms with E-state index < -0.39 is 6.09 Å². The van der Waals surface area contributed by atoms with E-state index >= 15 is 0 Å². The van der Waals surface area contributed by atoms with Crippen LogP contribution in [0.1, 0.15) is 57.8 Å². The molecule has 0 saturated heterocycles. The summed E-state index contributed by atoms with van der Waals surface area (Å²) in [6.45, 7) is 4.20. The Bertz CT molecular complexity index is 269. The molecule has 4 N–H and O–H groups in total. The van der Waals surface area contributed by atoms with E-state index in [2.05, 4.69) is 17.6 Å². The molecular weight excluding hydrogens is 228 g/mol. The van der Waals surface area contributed by atoms with Crippen LogP contribution >= 0.6 is 0 Å². The lowest BCUT2D eigenvalue weighted by atomic mass is 9.88. The molecule has 0 aromatic heterocycles. The molecule has 0 heterocycles. The van der Waals surface area contributed by atoms with E-state index in [-0.39, 0.29) is 0 Å². The van der Waals surface area contributed by atoms with Crippen molar-refractivity contribution in [2.24, 2.45) is 5.73 Å². The van der Waals surface area contributed by atoms with Crippen LogP contribution in [0, 0.1) is 0 Å². The maximum Gasteiger partial charge on any atom is 0.402 e. The Kier molecular flexibility index (Phi) is 6.80. The molecular formula is C14H26N2O2. The minimum atomic E-state index is -1.33. The molecule has 2 aliphatic rings. The van der Waals surface area contributed by atoms with Gasteiger partial charge in [-0.2, -0.15) is 0 Å². The zero-order chi connectivity index (χ0) is 13.4. The lowest BCUT2D eigenvalue weighted by molar-refractivity contribution is 0.205. The van der Waals surface area contributed by atoms with Crippen LogP contribution in [0.2, 0.25) is 0 Å². The minimum absolute atomic E-state index is 0.645. The predicted octanol–water partition coefficient (Wildman–Crippen LogP) is 3.03. The van der Waals surface area contributed by atoms with E-state index in [0.29, 0.717) is 6.04 Å². The Labute approximate surface area is 110 Å². The summed E-state index contributed by atoms with van der Waals surface area (Å²) in [6.07, 6.45) is 11.1. The summed E-state index contributed by atoms with van der Waals surface area (Å²) < 4.78 is 0. The number of carbonyl (C=O) groups is 1. The van der Waals surface area contributed by atoms with Gasteiger partial charge in [-0.25, -0.2) is 4.79 Å². The summed E-state index contributed by atoms with van der Waals surface area (Å²) >= 11 is 0. The van der Waals surface area contributed by atoms with Crippen LogP contribution in [0.15, 0.2) is 12.2 Å².